The van der Waals surface area contributed by atoms with Crippen LogP contribution < -0.4 is 5.73 Å². The van der Waals surface area contributed by atoms with Gasteiger partial charge in [-0.3, -0.25) is 4.79 Å². The summed E-state index contributed by atoms with van der Waals surface area (Å²) in [6, 6.07) is 11.3. The Balaban J connectivity index is 2.17. The molecule has 0 aliphatic rings. The van der Waals surface area contributed by atoms with Crippen LogP contribution in [0.2, 0.25) is 0 Å². The number of carbonyl (C=O) groups is 1. The van der Waals surface area contributed by atoms with Gasteiger partial charge in [0.1, 0.15) is 0 Å². The summed E-state index contributed by atoms with van der Waals surface area (Å²) in [5, 5.41) is 9.05. The minimum absolute atomic E-state index is 0.203. The third-order valence-corrected chi connectivity index (χ3v) is 3.77. The third-order valence-electron chi connectivity index (χ3n) is 3.77. The molecule has 0 atom stereocenters. The van der Waals surface area contributed by atoms with Crippen LogP contribution in [0, 0.1) is 20.8 Å². The Bertz CT molecular complexity index is 883. The minimum atomic E-state index is -0.203. The zero-order valence-corrected chi connectivity index (χ0v) is 12.8. The Morgan fingerprint density at radius 1 is 0.955 bits per heavy atom. The Morgan fingerprint density at radius 2 is 1.64 bits per heavy atom. The molecular weight excluding hydrogens is 274 g/mol. The number of rotatable bonds is 2. The first-order valence-corrected chi connectivity index (χ1v) is 7.12. The van der Waals surface area contributed by atoms with E-state index in [1.54, 1.807) is 12.1 Å². The predicted octanol–water partition coefficient (Wildman–Crippen LogP) is 3.37. The number of ketones is 1. The van der Waals surface area contributed by atoms with Gasteiger partial charge in [-0.2, -0.15) is 0 Å². The van der Waals surface area contributed by atoms with E-state index in [4.69, 9.17) is 5.73 Å². The van der Waals surface area contributed by atoms with E-state index >= 15 is 0 Å². The predicted molar refractivity (Wildman–Crippen MR) is 88.0 cm³/mol. The zero-order chi connectivity index (χ0) is 15.9. The fourth-order valence-electron chi connectivity index (χ4n) is 2.59. The van der Waals surface area contributed by atoms with Crippen LogP contribution in [-0.2, 0) is 0 Å². The van der Waals surface area contributed by atoms with Crippen LogP contribution >= 0.6 is 0 Å². The molecular formula is C18H17N3O. The lowest BCUT2D eigenvalue weighted by molar-refractivity contribution is 0.103. The van der Waals surface area contributed by atoms with E-state index in [0.29, 0.717) is 11.3 Å². The van der Waals surface area contributed by atoms with Crippen LogP contribution in [-0.4, -0.2) is 16.0 Å². The monoisotopic (exact) mass is 291 g/mol. The highest BCUT2D eigenvalue weighted by molar-refractivity contribution is 6.14. The number of aryl methyl sites for hydroxylation is 3. The van der Waals surface area contributed by atoms with E-state index in [1.165, 1.54) is 0 Å². The molecule has 0 radical (unpaired) electrons. The van der Waals surface area contributed by atoms with Crippen LogP contribution in [0.4, 0.5) is 5.69 Å². The first kappa shape index (κ1) is 14.2. The van der Waals surface area contributed by atoms with Gasteiger partial charge in [-0.1, -0.05) is 41.5 Å². The molecule has 0 spiro atoms. The number of hydrogen-bond acceptors (Lipinski definition) is 4. The van der Waals surface area contributed by atoms with Gasteiger partial charge in [0.05, 0.1) is 11.2 Å². The molecule has 0 aliphatic heterocycles. The van der Waals surface area contributed by atoms with E-state index in [-0.39, 0.29) is 11.5 Å². The quantitative estimate of drug-likeness (QED) is 0.735. The van der Waals surface area contributed by atoms with Gasteiger partial charge in [0.15, 0.2) is 5.69 Å². The van der Waals surface area contributed by atoms with Gasteiger partial charge in [0, 0.05) is 10.9 Å². The lowest BCUT2D eigenvalue weighted by atomic mass is 10.0. The fraction of sp³-hybridized carbons (Fsp3) is 0.167. The number of nitrogen functional groups attached to an aromatic ring is 1. The number of hydrogen-bond donors (Lipinski definition) is 1. The van der Waals surface area contributed by atoms with Gasteiger partial charge in [0.2, 0.25) is 5.78 Å². The Hall–Kier alpha value is -2.75. The highest BCUT2D eigenvalue weighted by Gasteiger charge is 2.18. The first-order valence-electron chi connectivity index (χ1n) is 7.12. The molecule has 3 rings (SSSR count). The number of benzene rings is 2. The number of nitrogens with two attached hydrogens (primary N) is 1. The number of nitrogens with zero attached hydrogens (tertiary/aromatic N) is 2. The molecule has 0 aliphatic carbocycles. The van der Waals surface area contributed by atoms with E-state index in [9.17, 15) is 4.79 Å². The number of fused-ring (bicyclic) bond motifs is 1. The van der Waals surface area contributed by atoms with Crippen LogP contribution in [0.1, 0.15) is 32.7 Å². The number of aromatic nitrogens is 2. The van der Waals surface area contributed by atoms with Crippen LogP contribution in [0.25, 0.3) is 10.9 Å². The molecule has 1 aromatic heterocycles. The van der Waals surface area contributed by atoms with Crippen molar-refractivity contribution in [2.45, 2.75) is 20.8 Å². The lowest BCUT2D eigenvalue weighted by Crippen LogP contribution is -2.10. The molecule has 4 nitrogen and oxygen atoms in total. The number of anilines is 1. The minimum Gasteiger partial charge on any atom is -0.396 e. The molecule has 0 amide bonds. The van der Waals surface area contributed by atoms with E-state index in [1.807, 2.05) is 45.0 Å². The van der Waals surface area contributed by atoms with Gasteiger partial charge >= 0.3 is 0 Å². The van der Waals surface area contributed by atoms with Crippen molar-refractivity contribution >= 4 is 22.4 Å². The normalized spacial score (nSPS) is 10.9. The third kappa shape index (κ3) is 2.33. The number of carbonyl (C=O) groups excluding carboxylic acids is 1. The van der Waals surface area contributed by atoms with Gasteiger partial charge < -0.3 is 5.73 Å². The molecule has 1 heterocycles. The maximum atomic E-state index is 12.6. The van der Waals surface area contributed by atoms with E-state index < -0.39 is 0 Å². The van der Waals surface area contributed by atoms with Crippen molar-refractivity contribution in [3.8, 4) is 0 Å². The van der Waals surface area contributed by atoms with Gasteiger partial charge in [-0.15, -0.1) is 10.2 Å². The van der Waals surface area contributed by atoms with Crippen molar-refractivity contribution in [3.05, 3.63) is 64.3 Å². The van der Waals surface area contributed by atoms with E-state index in [2.05, 4.69) is 10.2 Å². The van der Waals surface area contributed by atoms with Crippen molar-refractivity contribution in [3.63, 3.8) is 0 Å². The molecule has 0 bridgehead atoms. The summed E-state index contributed by atoms with van der Waals surface area (Å²) in [7, 11) is 0. The molecule has 0 saturated heterocycles. The second kappa shape index (κ2) is 5.22. The summed E-state index contributed by atoms with van der Waals surface area (Å²) >= 11 is 0. The molecule has 0 saturated carbocycles. The smallest absolute Gasteiger partial charge is 0.215 e. The Kier molecular flexibility index (Phi) is 3.37. The largest absolute Gasteiger partial charge is 0.396 e. The molecule has 0 unspecified atom stereocenters. The van der Waals surface area contributed by atoms with E-state index in [0.717, 1.165) is 27.6 Å². The maximum Gasteiger partial charge on any atom is 0.215 e. The van der Waals surface area contributed by atoms with Gasteiger partial charge in [-0.05, 0) is 32.4 Å². The molecule has 110 valence electrons. The summed E-state index contributed by atoms with van der Waals surface area (Å²) in [5.74, 6) is -0.203. The second-order valence-corrected chi connectivity index (χ2v) is 5.64. The highest BCUT2D eigenvalue weighted by atomic mass is 16.1. The molecule has 2 N–H and O–H groups in total. The van der Waals surface area contributed by atoms with Crippen LogP contribution in [0.3, 0.4) is 0 Å². The summed E-state index contributed by atoms with van der Waals surface area (Å²) in [5.41, 5.74) is 11.3. The highest BCUT2D eigenvalue weighted by Crippen LogP contribution is 2.26. The summed E-state index contributed by atoms with van der Waals surface area (Å²) in [6.45, 7) is 5.93. The molecule has 0 fully saturated rings. The molecule has 22 heavy (non-hydrogen) atoms. The summed E-state index contributed by atoms with van der Waals surface area (Å²) in [6.07, 6.45) is 0. The van der Waals surface area contributed by atoms with Crippen molar-refractivity contribution in [2.24, 2.45) is 0 Å². The molecule has 3 aromatic rings. The zero-order valence-electron chi connectivity index (χ0n) is 12.8. The van der Waals surface area contributed by atoms with Crippen molar-refractivity contribution in [1.82, 2.24) is 10.2 Å². The summed E-state index contributed by atoms with van der Waals surface area (Å²) < 4.78 is 0. The average Bonchev–Trinajstić information content (AvgIpc) is 2.48. The standard InChI is InChI=1S/C18H17N3O/c1-10-4-6-13(7-5-10)18(22)17-15(19)14-9-11(2)8-12(3)16(14)20-21-17/h4-9H,1-3H3,(H2,19,20). The fourth-order valence-corrected chi connectivity index (χ4v) is 2.59. The van der Waals surface area contributed by atoms with Crippen molar-refractivity contribution in [1.29, 1.82) is 0 Å². The summed E-state index contributed by atoms with van der Waals surface area (Å²) in [4.78, 5) is 12.6. The van der Waals surface area contributed by atoms with Gasteiger partial charge in [-0.25, -0.2) is 0 Å². The molecule has 4 heteroatoms. The van der Waals surface area contributed by atoms with Crippen LogP contribution in [0.15, 0.2) is 36.4 Å². The van der Waals surface area contributed by atoms with Gasteiger partial charge in [0.25, 0.3) is 0 Å². The topological polar surface area (TPSA) is 68.9 Å². The Labute approximate surface area is 129 Å². The van der Waals surface area contributed by atoms with Crippen LogP contribution in [0.5, 0.6) is 0 Å². The lowest BCUT2D eigenvalue weighted by Gasteiger charge is -2.09. The first-order chi connectivity index (χ1) is 10.5. The SMILES string of the molecule is Cc1ccc(C(=O)c2nnc3c(C)cc(C)cc3c2N)cc1. The second-order valence-electron chi connectivity index (χ2n) is 5.64. The Morgan fingerprint density at radius 3 is 2.32 bits per heavy atom. The van der Waals surface area contributed by atoms with Crippen molar-refractivity contribution < 1.29 is 4.79 Å². The molecule has 2 aromatic carbocycles. The maximum absolute atomic E-state index is 12.6. The average molecular weight is 291 g/mol. The van der Waals surface area contributed by atoms with Crippen molar-refractivity contribution in [2.75, 3.05) is 5.73 Å².